The molecule has 0 spiro atoms. The lowest BCUT2D eigenvalue weighted by atomic mass is 9.94. The van der Waals surface area contributed by atoms with Crippen LogP contribution in [-0.4, -0.2) is 53.0 Å². The SMILES string of the molecule is CCOC(=O)C(C1Cc2ccccc2C1)N(CC(=O)OCc1ccccc1)C(=O)C(C)Nc1ccncc1. The van der Waals surface area contributed by atoms with Crippen LogP contribution in [0, 0.1) is 5.92 Å². The Kier molecular flexibility index (Phi) is 9.08. The Morgan fingerprint density at radius 1 is 0.947 bits per heavy atom. The van der Waals surface area contributed by atoms with Gasteiger partial charge in [0, 0.05) is 18.1 Å². The molecule has 1 aromatic heterocycles. The average molecular weight is 516 g/mol. The van der Waals surface area contributed by atoms with E-state index < -0.39 is 29.9 Å². The molecule has 1 heterocycles. The van der Waals surface area contributed by atoms with Crippen LogP contribution in [-0.2, 0) is 43.3 Å². The van der Waals surface area contributed by atoms with E-state index in [0.29, 0.717) is 18.5 Å². The van der Waals surface area contributed by atoms with E-state index in [1.165, 1.54) is 4.90 Å². The minimum absolute atomic E-state index is 0.0749. The Morgan fingerprint density at radius 2 is 1.58 bits per heavy atom. The molecule has 1 N–H and O–H groups in total. The summed E-state index contributed by atoms with van der Waals surface area (Å²) in [6.07, 6.45) is 4.45. The van der Waals surface area contributed by atoms with Gasteiger partial charge in [-0.3, -0.25) is 14.6 Å². The molecule has 0 saturated heterocycles. The molecule has 2 atom stereocenters. The number of aromatic nitrogens is 1. The van der Waals surface area contributed by atoms with E-state index in [-0.39, 0.29) is 25.7 Å². The summed E-state index contributed by atoms with van der Waals surface area (Å²) in [5.74, 6) is -1.74. The molecule has 2 unspecified atom stereocenters. The van der Waals surface area contributed by atoms with Crippen LogP contribution < -0.4 is 5.32 Å². The Bertz CT molecular complexity index is 1210. The first-order chi connectivity index (χ1) is 18.5. The molecule has 8 heteroatoms. The van der Waals surface area contributed by atoms with Crippen molar-refractivity contribution < 1.29 is 23.9 Å². The number of ether oxygens (including phenoxy) is 2. The van der Waals surface area contributed by atoms with Gasteiger partial charge in [-0.2, -0.15) is 0 Å². The van der Waals surface area contributed by atoms with Crippen molar-refractivity contribution in [3.8, 4) is 0 Å². The van der Waals surface area contributed by atoms with Gasteiger partial charge in [0.2, 0.25) is 5.91 Å². The molecule has 8 nitrogen and oxygen atoms in total. The zero-order chi connectivity index (χ0) is 26.9. The molecular formula is C30H33N3O5. The number of fused-ring (bicyclic) bond motifs is 1. The number of anilines is 1. The molecule has 0 radical (unpaired) electrons. The highest BCUT2D eigenvalue weighted by Crippen LogP contribution is 2.32. The Morgan fingerprint density at radius 3 is 2.21 bits per heavy atom. The normalized spacial score (nSPS) is 14.2. The topological polar surface area (TPSA) is 97.8 Å². The van der Waals surface area contributed by atoms with Crippen LogP contribution in [0.4, 0.5) is 5.69 Å². The molecule has 1 amide bonds. The summed E-state index contributed by atoms with van der Waals surface area (Å²) in [5.41, 5.74) is 3.80. The predicted octanol–water partition coefficient (Wildman–Crippen LogP) is 3.80. The first-order valence-electron chi connectivity index (χ1n) is 12.9. The van der Waals surface area contributed by atoms with Crippen molar-refractivity contribution in [2.24, 2.45) is 5.92 Å². The third-order valence-corrected chi connectivity index (χ3v) is 6.65. The monoisotopic (exact) mass is 515 g/mol. The molecule has 0 aliphatic heterocycles. The standard InChI is InChI=1S/C30H33N3O5/c1-3-37-30(36)28(25-17-23-11-7-8-12-24(23)18-25)33(19-27(34)38-20-22-9-5-4-6-10-22)29(35)21(2)32-26-13-15-31-16-14-26/h4-16,21,25,28H,3,17-20H2,1-2H3,(H,31,32). The van der Waals surface area contributed by atoms with Crippen molar-refractivity contribution in [3.05, 3.63) is 95.8 Å². The number of pyridine rings is 1. The second kappa shape index (κ2) is 12.9. The van der Waals surface area contributed by atoms with Crippen molar-refractivity contribution in [2.45, 2.75) is 45.4 Å². The van der Waals surface area contributed by atoms with Gasteiger partial charge in [-0.25, -0.2) is 4.79 Å². The maximum Gasteiger partial charge on any atom is 0.329 e. The molecule has 4 rings (SSSR count). The highest BCUT2D eigenvalue weighted by molar-refractivity contribution is 5.92. The highest BCUT2D eigenvalue weighted by Gasteiger charge is 2.42. The van der Waals surface area contributed by atoms with Crippen LogP contribution in [0.1, 0.15) is 30.5 Å². The number of hydrogen-bond donors (Lipinski definition) is 1. The molecule has 38 heavy (non-hydrogen) atoms. The van der Waals surface area contributed by atoms with Gasteiger partial charge >= 0.3 is 11.9 Å². The first kappa shape index (κ1) is 26.9. The van der Waals surface area contributed by atoms with Crippen molar-refractivity contribution >= 4 is 23.5 Å². The number of carbonyl (C=O) groups excluding carboxylic acids is 3. The average Bonchev–Trinajstić information content (AvgIpc) is 3.36. The first-order valence-corrected chi connectivity index (χ1v) is 12.9. The number of nitrogens with zero attached hydrogens (tertiary/aromatic N) is 2. The number of carbonyl (C=O) groups is 3. The number of esters is 2. The number of rotatable bonds is 11. The van der Waals surface area contributed by atoms with Crippen molar-refractivity contribution in [1.29, 1.82) is 0 Å². The Hall–Kier alpha value is -4.20. The van der Waals surface area contributed by atoms with E-state index in [0.717, 1.165) is 16.7 Å². The van der Waals surface area contributed by atoms with Crippen LogP contribution in [0.3, 0.4) is 0 Å². The number of benzene rings is 2. The van der Waals surface area contributed by atoms with E-state index in [2.05, 4.69) is 10.3 Å². The highest BCUT2D eigenvalue weighted by atomic mass is 16.5. The lowest BCUT2D eigenvalue weighted by Crippen LogP contribution is -2.55. The fraction of sp³-hybridized carbons (Fsp3) is 0.333. The molecule has 198 valence electrons. The van der Waals surface area contributed by atoms with Crippen molar-refractivity contribution in [1.82, 2.24) is 9.88 Å². The van der Waals surface area contributed by atoms with E-state index in [1.54, 1.807) is 38.4 Å². The summed E-state index contributed by atoms with van der Waals surface area (Å²) in [6.45, 7) is 3.30. The third-order valence-electron chi connectivity index (χ3n) is 6.65. The van der Waals surface area contributed by atoms with Gasteiger partial charge in [-0.1, -0.05) is 54.6 Å². The maximum absolute atomic E-state index is 13.9. The second-order valence-electron chi connectivity index (χ2n) is 9.35. The molecule has 3 aromatic rings. The van der Waals surface area contributed by atoms with E-state index in [1.807, 2.05) is 54.6 Å². The zero-order valence-electron chi connectivity index (χ0n) is 21.7. The molecular weight excluding hydrogens is 482 g/mol. The number of amides is 1. The Balaban J connectivity index is 1.59. The van der Waals surface area contributed by atoms with Gasteiger partial charge in [0.15, 0.2) is 0 Å². The molecule has 0 bridgehead atoms. The lowest BCUT2D eigenvalue weighted by molar-refractivity contribution is -0.162. The van der Waals surface area contributed by atoms with Gasteiger partial charge < -0.3 is 19.7 Å². The van der Waals surface area contributed by atoms with Crippen molar-refractivity contribution in [2.75, 3.05) is 18.5 Å². The van der Waals surface area contributed by atoms with E-state index >= 15 is 0 Å². The second-order valence-corrected chi connectivity index (χ2v) is 9.35. The summed E-state index contributed by atoms with van der Waals surface area (Å²) < 4.78 is 10.9. The zero-order valence-corrected chi connectivity index (χ0v) is 21.7. The van der Waals surface area contributed by atoms with Gasteiger partial charge in [0.25, 0.3) is 0 Å². The van der Waals surface area contributed by atoms with Crippen LogP contribution in [0.5, 0.6) is 0 Å². The largest absolute Gasteiger partial charge is 0.464 e. The summed E-state index contributed by atoms with van der Waals surface area (Å²) >= 11 is 0. The van der Waals surface area contributed by atoms with Gasteiger partial charge in [0.1, 0.15) is 25.2 Å². The predicted molar refractivity (Wildman–Crippen MR) is 143 cm³/mol. The molecule has 0 saturated carbocycles. The molecule has 2 aromatic carbocycles. The Labute approximate surface area is 223 Å². The van der Waals surface area contributed by atoms with Gasteiger partial charge in [-0.15, -0.1) is 0 Å². The van der Waals surface area contributed by atoms with Crippen LogP contribution in [0.25, 0.3) is 0 Å². The lowest BCUT2D eigenvalue weighted by Gasteiger charge is -2.35. The smallest absolute Gasteiger partial charge is 0.329 e. The summed E-state index contributed by atoms with van der Waals surface area (Å²) in [4.78, 5) is 45.6. The fourth-order valence-corrected chi connectivity index (χ4v) is 4.86. The maximum atomic E-state index is 13.9. The summed E-state index contributed by atoms with van der Waals surface area (Å²) in [7, 11) is 0. The van der Waals surface area contributed by atoms with Gasteiger partial charge in [0.05, 0.1) is 6.61 Å². The van der Waals surface area contributed by atoms with Crippen LogP contribution in [0.2, 0.25) is 0 Å². The number of hydrogen-bond acceptors (Lipinski definition) is 7. The summed E-state index contributed by atoms with van der Waals surface area (Å²) in [6, 6.07) is 19.1. The number of nitrogens with one attached hydrogen (secondary N) is 1. The summed E-state index contributed by atoms with van der Waals surface area (Å²) in [5, 5.41) is 3.15. The van der Waals surface area contributed by atoms with Crippen molar-refractivity contribution in [3.63, 3.8) is 0 Å². The minimum Gasteiger partial charge on any atom is -0.464 e. The third kappa shape index (κ3) is 6.76. The van der Waals surface area contributed by atoms with E-state index in [9.17, 15) is 14.4 Å². The van der Waals surface area contributed by atoms with Crippen LogP contribution >= 0.6 is 0 Å². The minimum atomic E-state index is -0.944. The molecule has 1 aliphatic carbocycles. The quantitative estimate of drug-likeness (QED) is 0.388. The van der Waals surface area contributed by atoms with E-state index in [4.69, 9.17) is 9.47 Å². The fourth-order valence-electron chi connectivity index (χ4n) is 4.86. The molecule has 1 aliphatic rings. The van der Waals surface area contributed by atoms with Gasteiger partial charge in [-0.05, 0) is 61.4 Å². The molecule has 0 fully saturated rings. The van der Waals surface area contributed by atoms with Crippen LogP contribution in [0.15, 0.2) is 79.1 Å².